The fraction of sp³-hybridized carbons (Fsp3) is 0.176. The number of amides is 1. The van der Waals surface area contributed by atoms with Gasteiger partial charge in [-0.25, -0.2) is 4.79 Å². The van der Waals surface area contributed by atoms with Gasteiger partial charge in [-0.3, -0.25) is 13.9 Å². The number of hydrogen-bond acceptors (Lipinski definition) is 3. The summed E-state index contributed by atoms with van der Waals surface area (Å²) in [6.45, 7) is -0.0355. The van der Waals surface area contributed by atoms with Crippen molar-refractivity contribution in [1.82, 2.24) is 9.13 Å². The van der Waals surface area contributed by atoms with Gasteiger partial charge in [-0.05, 0) is 36.4 Å². The van der Waals surface area contributed by atoms with Crippen LogP contribution in [0.1, 0.15) is 0 Å². The molecule has 0 bridgehead atoms. The minimum Gasteiger partial charge on any atom is -0.497 e. The van der Waals surface area contributed by atoms with Gasteiger partial charge in [-0.15, -0.1) is 0 Å². The Morgan fingerprint density at radius 2 is 1.74 bits per heavy atom. The van der Waals surface area contributed by atoms with Gasteiger partial charge in [-0.2, -0.15) is 0 Å². The summed E-state index contributed by atoms with van der Waals surface area (Å²) in [5.41, 5.74) is 1.99. The molecular weight excluding hydrogens is 294 g/mol. The lowest BCUT2D eigenvalue weighted by molar-refractivity contribution is -0.116. The highest BCUT2D eigenvalue weighted by molar-refractivity contribution is 5.91. The number of nitrogens with one attached hydrogen (secondary N) is 1. The first-order valence-electron chi connectivity index (χ1n) is 7.18. The molecule has 0 unspecified atom stereocenters. The van der Waals surface area contributed by atoms with E-state index >= 15 is 0 Å². The average molecular weight is 311 g/mol. The zero-order chi connectivity index (χ0) is 16.4. The molecule has 0 atom stereocenters. The van der Waals surface area contributed by atoms with Crippen LogP contribution in [0.25, 0.3) is 11.0 Å². The SMILES string of the molecule is COc1ccc(NC(=O)Cn2c(=O)n(C)c3ccccc32)cc1. The summed E-state index contributed by atoms with van der Waals surface area (Å²) in [5.74, 6) is 0.460. The Balaban J connectivity index is 1.83. The van der Waals surface area contributed by atoms with Crippen molar-refractivity contribution in [3.8, 4) is 5.75 Å². The molecule has 0 aliphatic heterocycles. The normalized spacial score (nSPS) is 10.7. The van der Waals surface area contributed by atoms with Crippen molar-refractivity contribution in [2.45, 2.75) is 6.54 Å². The van der Waals surface area contributed by atoms with Crippen molar-refractivity contribution < 1.29 is 9.53 Å². The summed E-state index contributed by atoms with van der Waals surface area (Å²) in [6.07, 6.45) is 0. The number of benzene rings is 2. The number of nitrogens with zero attached hydrogens (tertiary/aromatic N) is 2. The van der Waals surface area contributed by atoms with Gasteiger partial charge in [0.15, 0.2) is 0 Å². The Morgan fingerprint density at radius 3 is 2.39 bits per heavy atom. The molecule has 118 valence electrons. The van der Waals surface area contributed by atoms with Crippen LogP contribution in [0.3, 0.4) is 0 Å². The van der Waals surface area contributed by atoms with E-state index in [0.29, 0.717) is 11.4 Å². The molecule has 6 nitrogen and oxygen atoms in total. The molecule has 0 saturated carbocycles. The van der Waals surface area contributed by atoms with Gasteiger partial charge in [0.2, 0.25) is 5.91 Å². The summed E-state index contributed by atoms with van der Waals surface area (Å²) in [7, 11) is 3.28. The number of imidazole rings is 1. The van der Waals surface area contributed by atoms with Crippen LogP contribution in [0.5, 0.6) is 5.75 Å². The van der Waals surface area contributed by atoms with E-state index in [1.54, 1.807) is 38.4 Å². The number of fused-ring (bicyclic) bond motifs is 1. The highest BCUT2D eigenvalue weighted by Crippen LogP contribution is 2.15. The monoisotopic (exact) mass is 311 g/mol. The molecule has 6 heteroatoms. The highest BCUT2D eigenvalue weighted by atomic mass is 16.5. The molecule has 1 N–H and O–H groups in total. The molecule has 1 heterocycles. The second-order valence-corrected chi connectivity index (χ2v) is 5.19. The molecule has 0 saturated heterocycles. The molecule has 23 heavy (non-hydrogen) atoms. The first-order chi connectivity index (χ1) is 11.1. The molecule has 3 rings (SSSR count). The zero-order valence-corrected chi connectivity index (χ0v) is 12.9. The van der Waals surface area contributed by atoms with E-state index in [4.69, 9.17) is 4.74 Å². The highest BCUT2D eigenvalue weighted by Gasteiger charge is 2.13. The standard InChI is InChI=1S/C17H17N3O3/c1-19-14-5-3-4-6-15(14)20(17(19)22)11-16(21)18-12-7-9-13(23-2)10-8-12/h3-10H,11H2,1-2H3,(H,18,21). The lowest BCUT2D eigenvalue weighted by Gasteiger charge is -2.07. The fourth-order valence-corrected chi connectivity index (χ4v) is 2.53. The summed E-state index contributed by atoms with van der Waals surface area (Å²) in [4.78, 5) is 24.5. The number of rotatable bonds is 4. The molecule has 0 aliphatic carbocycles. The molecule has 0 radical (unpaired) electrons. The van der Waals surface area contributed by atoms with Gasteiger partial charge in [0.05, 0.1) is 18.1 Å². The van der Waals surface area contributed by atoms with Crippen molar-refractivity contribution in [3.63, 3.8) is 0 Å². The van der Waals surface area contributed by atoms with E-state index in [-0.39, 0.29) is 18.1 Å². The van der Waals surface area contributed by atoms with Crippen molar-refractivity contribution >= 4 is 22.6 Å². The maximum absolute atomic E-state index is 12.3. The number of methoxy groups -OCH3 is 1. The van der Waals surface area contributed by atoms with Gasteiger partial charge in [-0.1, -0.05) is 12.1 Å². The van der Waals surface area contributed by atoms with Crippen LogP contribution in [-0.4, -0.2) is 22.2 Å². The Bertz CT molecular complexity index is 907. The van der Waals surface area contributed by atoms with Crippen molar-refractivity contribution in [1.29, 1.82) is 0 Å². The number of para-hydroxylation sites is 2. The summed E-state index contributed by atoms with van der Waals surface area (Å²) >= 11 is 0. The van der Waals surface area contributed by atoms with E-state index in [1.807, 2.05) is 24.3 Å². The number of aryl methyl sites for hydroxylation is 1. The van der Waals surface area contributed by atoms with E-state index in [0.717, 1.165) is 11.0 Å². The van der Waals surface area contributed by atoms with Crippen LogP contribution in [0.15, 0.2) is 53.3 Å². The van der Waals surface area contributed by atoms with Gasteiger partial charge in [0.25, 0.3) is 0 Å². The Morgan fingerprint density at radius 1 is 1.09 bits per heavy atom. The Labute approximate surface area is 132 Å². The van der Waals surface area contributed by atoms with Crippen LogP contribution in [0, 0.1) is 0 Å². The first-order valence-corrected chi connectivity index (χ1v) is 7.18. The number of anilines is 1. The number of ether oxygens (including phenoxy) is 1. The predicted octanol–water partition coefficient (Wildman–Crippen LogP) is 1.99. The van der Waals surface area contributed by atoms with Crippen molar-refractivity contribution in [2.24, 2.45) is 7.05 Å². The minimum absolute atomic E-state index is 0.0355. The summed E-state index contributed by atoms with van der Waals surface area (Å²) in [5, 5.41) is 2.78. The van der Waals surface area contributed by atoms with Crippen molar-refractivity contribution in [2.75, 3.05) is 12.4 Å². The molecule has 0 aliphatic rings. The molecule has 0 fully saturated rings. The van der Waals surface area contributed by atoms with Crippen LogP contribution in [0.4, 0.5) is 5.69 Å². The third kappa shape index (κ3) is 2.83. The second kappa shape index (κ2) is 6.00. The fourth-order valence-electron chi connectivity index (χ4n) is 2.53. The summed E-state index contributed by atoms with van der Waals surface area (Å²) < 4.78 is 8.08. The largest absolute Gasteiger partial charge is 0.497 e. The molecule has 2 aromatic carbocycles. The Hall–Kier alpha value is -3.02. The number of aromatic nitrogens is 2. The van der Waals surface area contributed by atoms with Gasteiger partial charge >= 0.3 is 5.69 Å². The lowest BCUT2D eigenvalue weighted by atomic mass is 10.3. The molecule has 1 amide bonds. The minimum atomic E-state index is -0.256. The average Bonchev–Trinajstić information content (AvgIpc) is 2.81. The van der Waals surface area contributed by atoms with Gasteiger partial charge in [0.1, 0.15) is 12.3 Å². The topological polar surface area (TPSA) is 65.3 Å². The van der Waals surface area contributed by atoms with Gasteiger partial charge in [0, 0.05) is 12.7 Å². The number of carbonyl (C=O) groups excluding carboxylic acids is 1. The van der Waals surface area contributed by atoms with E-state index in [1.165, 1.54) is 9.13 Å². The van der Waals surface area contributed by atoms with Gasteiger partial charge < -0.3 is 10.1 Å². The second-order valence-electron chi connectivity index (χ2n) is 5.19. The molecule has 0 spiro atoms. The smallest absolute Gasteiger partial charge is 0.329 e. The van der Waals surface area contributed by atoms with E-state index in [2.05, 4.69) is 5.32 Å². The predicted molar refractivity (Wildman–Crippen MR) is 88.8 cm³/mol. The summed E-state index contributed by atoms with van der Waals surface area (Å²) in [6, 6.07) is 14.4. The third-order valence-electron chi connectivity index (χ3n) is 3.73. The van der Waals surface area contributed by atoms with Crippen LogP contribution < -0.4 is 15.7 Å². The lowest BCUT2D eigenvalue weighted by Crippen LogP contribution is -2.28. The quantitative estimate of drug-likeness (QED) is 0.801. The number of carbonyl (C=O) groups is 1. The molecular formula is C17H17N3O3. The van der Waals surface area contributed by atoms with E-state index in [9.17, 15) is 9.59 Å². The number of hydrogen-bond donors (Lipinski definition) is 1. The first kappa shape index (κ1) is 14.9. The van der Waals surface area contributed by atoms with Crippen LogP contribution in [0.2, 0.25) is 0 Å². The van der Waals surface area contributed by atoms with Crippen LogP contribution in [-0.2, 0) is 18.4 Å². The van der Waals surface area contributed by atoms with Crippen LogP contribution >= 0.6 is 0 Å². The third-order valence-corrected chi connectivity index (χ3v) is 3.73. The zero-order valence-electron chi connectivity index (χ0n) is 12.9. The maximum Gasteiger partial charge on any atom is 0.329 e. The molecule has 3 aromatic rings. The maximum atomic E-state index is 12.3. The molecule has 1 aromatic heterocycles. The van der Waals surface area contributed by atoms with Crippen molar-refractivity contribution in [3.05, 3.63) is 59.0 Å². The van der Waals surface area contributed by atoms with E-state index < -0.39 is 0 Å². The Kier molecular flexibility index (Phi) is 3.89.